The Balaban J connectivity index is 1.18. The van der Waals surface area contributed by atoms with Crippen LogP contribution < -0.4 is 4.74 Å². The van der Waals surface area contributed by atoms with Gasteiger partial charge in [-0.15, -0.1) is 0 Å². The largest absolute Gasteiger partial charge is 0.455 e. The van der Waals surface area contributed by atoms with Crippen molar-refractivity contribution >= 4 is 16.9 Å². The van der Waals surface area contributed by atoms with Crippen LogP contribution >= 0.6 is 0 Å². The van der Waals surface area contributed by atoms with E-state index in [1.54, 1.807) is 41.7 Å². The highest BCUT2D eigenvalue weighted by Crippen LogP contribution is 2.35. The zero-order valence-corrected chi connectivity index (χ0v) is 25.0. The molecule has 0 bridgehead atoms. The first kappa shape index (κ1) is 30.1. The van der Waals surface area contributed by atoms with Crippen molar-refractivity contribution < 1.29 is 22.7 Å². The van der Waals surface area contributed by atoms with Crippen LogP contribution in [0.1, 0.15) is 48.2 Å². The second kappa shape index (κ2) is 12.6. The van der Waals surface area contributed by atoms with Crippen molar-refractivity contribution in [3.63, 3.8) is 0 Å². The van der Waals surface area contributed by atoms with Crippen LogP contribution in [0.15, 0.2) is 55.0 Å². The van der Waals surface area contributed by atoms with Crippen molar-refractivity contribution in [1.29, 1.82) is 0 Å². The number of aromatic amines is 1. The van der Waals surface area contributed by atoms with E-state index in [0.29, 0.717) is 42.1 Å². The monoisotopic (exact) mass is 606 g/mol. The zero-order valence-electron chi connectivity index (χ0n) is 25.0. The van der Waals surface area contributed by atoms with Gasteiger partial charge in [-0.25, -0.2) is 4.98 Å². The number of ether oxygens (including phenoxy) is 1. The molecular weight excluding hydrogens is 569 g/mol. The van der Waals surface area contributed by atoms with E-state index in [1.165, 1.54) is 6.07 Å². The van der Waals surface area contributed by atoms with Crippen LogP contribution in [0.2, 0.25) is 0 Å². The predicted molar refractivity (Wildman–Crippen MR) is 161 cm³/mol. The number of H-pyrrole nitrogens is 1. The summed E-state index contributed by atoms with van der Waals surface area (Å²) >= 11 is 0. The molecule has 3 aromatic heterocycles. The molecule has 1 atom stereocenters. The minimum atomic E-state index is -4.50. The van der Waals surface area contributed by atoms with Gasteiger partial charge in [0, 0.05) is 69.8 Å². The summed E-state index contributed by atoms with van der Waals surface area (Å²) in [7, 11) is 0. The van der Waals surface area contributed by atoms with E-state index in [0.717, 1.165) is 49.4 Å². The topological polar surface area (TPSA) is 77.6 Å². The molecular formula is C33H37F3N6O2. The molecule has 2 aliphatic rings. The first-order chi connectivity index (χ1) is 21.2. The van der Waals surface area contributed by atoms with Gasteiger partial charge in [0.05, 0.1) is 23.6 Å². The van der Waals surface area contributed by atoms with Gasteiger partial charge in [0.15, 0.2) is 0 Å². The number of amides is 1. The highest BCUT2D eigenvalue weighted by Gasteiger charge is 2.35. The molecule has 2 aliphatic heterocycles. The number of carbonyl (C=O) groups is 1. The number of nitrogens with zero attached hydrogens (tertiary/aromatic N) is 5. The maximum atomic E-state index is 14.2. The number of nitrogens with one attached hydrogen (secondary N) is 1. The smallest absolute Gasteiger partial charge is 0.416 e. The van der Waals surface area contributed by atoms with Crippen LogP contribution in [0.3, 0.4) is 0 Å². The van der Waals surface area contributed by atoms with E-state index >= 15 is 0 Å². The van der Waals surface area contributed by atoms with Crippen molar-refractivity contribution in [3.8, 4) is 11.5 Å². The van der Waals surface area contributed by atoms with Gasteiger partial charge < -0.3 is 19.5 Å². The number of hydrogen-bond donors (Lipinski definition) is 1. The third-order valence-corrected chi connectivity index (χ3v) is 8.83. The summed E-state index contributed by atoms with van der Waals surface area (Å²) in [5, 5.41) is 0.844. The van der Waals surface area contributed by atoms with Gasteiger partial charge in [-0.1, -0.05) is 26.0 Å². The van der Waals surface area contributed by atoms with Crippen LogP contribution in [-0.2, 0) is 36.9 Å². The predicted octanol–water partition coefficient (Wildman–Crippen LogP) is 5.81. The van der Waals surface area contributed by atoms with Crippen LogP contribution in [-0.4, -0.2) is 74.3 Å². The molecule has 1 saturated heterocycles. The Morgan fingerprint density at radius 2 is 1.84 bits per heavy atom. The van der Waals surface area contributed by atoms with Gasteiger partial charge in [-0.05, 0) is 53.9 Å². The van der Waals surface area contributed by atoms with Crippen molar-refractivity contribution in [1.82, 2.24) is 29.7 Å². The van der Waals surface area contributed by atoms with Crippen LogP contribution in [0.25, 0.3) is 11.0 Å². The lowest BCUT2D eigenvalue weighted by Gasteiger charge is -2.36. The fraction of sp³-hybridized carbons (Fsp3) is 0.424. The molecule has 6 rings (SSSR count). The van der Waals surface area contributed by atoms with Gasteiger partial charge in [0.25, 0.3) is 0 Å². The van der Waals surface area contributed by atoms with Crippen molar-refractivity contribution in [2.45, 2.75) is 58.4 Å². The second-order valence-corrected chi connectivity index (χ2v) is 11.6. The summed E-state index contributed by atoms with van der Waals surface area (Å²) in [6.07, 6.45) is 1.83. The maximum Gasteiger partial charge on any atom is 0.416 e. The number of pyridine rings is 2. The standard InChI is InChI=1S/C33H37F3N6O2/c1-3-25-18-29-24(17-26(19-39-29)44-30-8-10-38-32-27(30)7-9-37-32)21-42(25)31(43)16-22-5-6-23(28(15-22)33(34,35)36)20-41-13-11-40(4-2)12-14-41/h5-10,15,17,19,25H,3-4,11-14,16,18,20-21H2,1-2H3,(H,37,38)/t25-/m0/s1. The Labute approximate surface area is 254 Å². The average Bonchev–Trinajstić information content (AvgIpc) is 3.51. The maximum absolute atomic E-state index is 14.2. The number of carbonyl (C=O) groups excluding carboxylic acids is 1. The number of fused-ring (bicyclic) bond motifs is 2. The van der Waals surface area contributed by atoms with Crippen molar-refractivity contribution in [2.75, 3.05) is 32.7 Å². The lowest BCUT2D eigenvalue weighted by molar-refractivity contribution is -0.139. The fourth-order valence-corrected chi connectivity index (χ4v) is 6.26. The molecule has 232 valence electrons. The summed E-state index contributed by atoms with van der Waals surface area (Å²) in [6.45, 7) is 8.79. The molecule has 1 amide bonds. The highest BCUT2D eigenvalue weighted by molar-refractivity contribution is 5.82. The van der Waals surface area contributed by atoms with Gasteiger partial charge in [0.1, 0.15) is 17.1 Å². The van der Waals surface area contributed by atoms with Crippen molar-refractivity contribution in [2.24, 2.45) is 0 Å². The molecule has 0 spiro atoms. The lowest BCUT2D eigenvalue weighted by atomic mass is 9.95. The van der Waals surface area contributed by atoms with Crippen molar-refractivity contribution in [3.05, 3.63) is 82.9 Å². The first-order valence-electron chi connectivity index (χ1n) is 15.2. The van der Waals surface area contributed by atoms with E-state index in [1.807, 2.05) is 19.1 Å². The van der Waals surface area contributed by atoms with Crippen LogP contribution in [0, 0.1) is 0 Å². The van der Waals surface area contributed by atoms with Gasteiger partial charge in [0.2, 0.25) is 5.91 Å². The summed E-state index contributed by atoms with van der Waals surface area (Å²) in [5.74, 6) is 0.982. The minimum Gasteiger partial charge on any atom is -0.455 e. The number of hydrogen-bond acceptors (Lipinski definition) is 6. The van der Waals surface area contributed by atoms with Crippen LogP contribution in [0.5, 0.6) is 11.5 Å². The van der Waals surface area contributed by atoms with E-state index in [4.69, 9.17) is 4.74 Å². The molecule has 0 aliphatic carbocycles. The minimum absolute atomic E-state index is 0.0860. The highest BCUT2D eigenvalue weighted by atomic mass is 19.4. The van der Waals surface area contributed by atoms with Gasteiger partial charge in [-0.3, -0.25) is 14.7 Å². The molecule has 1 aromatic carbocycles. The van der Waals surface area contributed by atoms with Gasteiger partial charge in [-0.2, -0.15) is 13.2 Å². The van der Waals surface area contributed by atoms with Crippen LogP contribution in [0.4, 0.5) is 13.2 Å². The Morgan fingerprint density at radius 1 is 1.05 bits per heavy atom. The molecule has 1 N–H and O–H groups in total. The third kappa shape index (κ3) is 6.44. The summed E-state index contributed by atoms with van der Waals surface area (Å²) in [6, 6.07) is 9.87. The Kier molecular flexibility index (Phi) is 8.59. The summed E-state index contributed by atoms with van der Waals surface area (Å²) in [5.41, 5.74) is 2.45. The first-order valence-corrected chi connectivity index (χ1v) is 15.2. The fourth-order valence-electron chi connectivity index (χ4n) is 6.26. The normalized spacial score (nSPS) is 18.0. The molecule has 0 radical (unpaired) electrons. The number of piperazine rings is 1. The summed E-state index contributed by atoms with van der Waals surface area (Å²) in [4.78, 5) is 31.8. The average molecular weight is 607 g/mol. The Morgan fingerprint density at radius 3 is 2.59 bits per heavy atom. The Bertz CT molecular complexity index is 1630. The van der Waals surface area contributed by atoms with Gasteiger partial charge >= 0.3 is 6.18 Å². The number of benzene rings is 1. The molecule has 4 aromatic rings. The second-order valence-electron chi connectivity index (χ2n) is 11.6. The molecule has 5 heterocycles. The van der Waals surface area contributed by atoms with E-state index in [-0.39, 0.29) is 30.5 Å². The van der Waals surface area contributed by atoms with E-state index in [2.05, 4.69) is 31.7 Å². The van der Waals surface area contributed by atoms with E-state index < -0.39 is 11.7 Å². The molecule has 44 heavy (non-hydrogen) atoms. The molecule has 11 heteroatoms. The quantitative estimate of drug-likeness (QED) is 0.273. The molecule has 1 fully saturated rings. The number of aromatic nitrogens is 3. The third-order valence-electron chi connectivity index (χ3n) is 8.83. The number of halogens is 3. The SMILES string of the molecule is CC[C@H]1Cc2ncc(Oc3ccnc4[nH]ccc34)cc2CN1C(=O)Cc1ccc(CN2CCN(CC)CC2)c(C(F)(F)F)c1. The zero-order chi connectivity index (χ0) is 30.8. The number of rotatable bonds is 8. The molecule has 8 nitrogen and oxygen atoms in total. The number of alkyl halides is 3. The summed E-state index contributed by atoms with van der Waals surface area (Å²) < 4.78 is 48.7. The molecule has 0 unspecified atom stereocenters. The molecule has 0 saturated carbocycles. The Hall–Kier alpha value is -3.96. The van der Waals surface area contributed by atoms with E-state index in [9.17, 15) is 18.0 Å². The lowest BCUT2D eigenvalue weighted by Crippen LogP contribution is -2.45. The number of likely N-dealkylation sites (N-methyl/N-ethyl adjacent to an activating group) is 1.